The first-order valence-corrected chi connectivity index (χ1v) is 6.06. The summed E-state index contributed by atoms with van der Waals surface area (Å²) in [5.74, 6) is 0.124. The third-order valence-electron chi connectivity index (χ3n) is 2.46. The van der Waals surface area contributed by atoms with E-state index in [0.717, 1.165) is 10.0 Å². The molecule has 17 heavy (non-hydrogen) atoms. The topological polar surface area (TPSA) is 42.2 Å². The van der Waals surface area contributed by atoms with E-state index < -0.39 is 0 Å². The van der Waals surface area contributed by atoms with Gasteiger partial charge in [-0.15, -0.1) is 0 Å². The van der Waals surface area contributed by atoms with E-state index in [1.54, 1.807) is 12.1 Å². The van der Waals surface area contributed by atoms with Gasteiger partial charge in [0.2, 0.25) is 0 Å². The van der Waals surface area contributed by atoms with E-state index in [1.165, 1.54) is 6.26 Å². The molecular formula is C13H12BrNO2. The Kier molecular flexibility index (Phi) is 3.64. The van der Waals surface area contributed by atoms with Gasteiger partial charge in [-0.25, -0.2) is 0 Å². The summed E-state index contributed by atoms with van der Waals surface area (Å²) in [4.78, 5) is 11.7. The van der Waals surface area contributed by atoms with Crippen LogP contribution in [0, 0.1) is 0 Å². The van der Waals surface area contributed by atoms with Crippen LogP contribution in [0.1, 0.15) is 29.1 Å². The molecule has 1 unspecified atom stereocenters. The van der Waals surface area contributed by atoms with E-state index in [-0.39, 0.29) is 11.9 Å². The molecule has 2 rings (SSSR count). The first kappa shape index (κ1) is 11.9. The molecule has 0 spiro atoms. The average molecular weight is 294 g/mol. The van der Waals surface area contributed by atoms with Crippen molar-refractivity contribution in [2.45, 2.75) is 13.0 Å². The minimum Gasteiger partial charge on any atom is -0.459 e. The summed E-state index contributed by atoms with van der Waals surface area (Å²) in [7, 11) is 0. The lowest BCUT2D eigenvalue weighted by Crippen LogP contribution is -2.26. The van der Waals surface area contributed by atoms with E-state index >= 15 is 0 Å². The van der Waals surface area contributed by atoms with Crippen LogP contribution in [0.2, 0.25) is 0 Å². The number of halogens is 1. The van der Waals surface area contributed by atoms with Crippen LogP contribution in [0.5, 0.6) is 0 Å². The fourth-order valence-electron chi connectivity index (χ4n) is 1.51. The van der Waals surface area contributed by atoms with Crippen LogP contribution in [0.4, 0.5) is 0 Å². The Morgan fingerprint density at radius 3 is 2.59 bits per heavy atom. The van der Waals surface area contributed by atoms with Crippen LogP contribution in [-0.2, 0) is 0 Å². The summed E-state index contributed by atoms with van der Waals surface area (Å²) in [6, 6.07) is 11.1. The van der Waals surface area contributed by atoms with Crippen LogP contribution < -0.4 is 5.32 Å². The third kappa shape index (κ3) is 2.97. The van der Waals surface area contributed by atoms with Gasteiger partial charge in [0.05, 0.1) is 12.3 Å². The molecule has 88 valence electrons. The molecule has 1 aromatic carbocycles. The molecule has 1 atom stereocenters. The molecule has 0 aliphatic rings. The van der Waals surface area contributed by atoms with Gasteiger partial charge in [-0.2, -0.15) is 0 Å². The highest BCUT2D eigenvalue weighted by atomic mass is 79.9. The van der Waals surface area contributed by atoms with Crippen molar-refractivity contribution in [3.63, 3.8) is 0 Å². The Hall–Kier alpha value is -1.55. The quantitative estimate of drug-likeness (QED) is 0.941. The number of carbonyl (C=O) groups is 1. The highest BCUT2D eigenvalue weighted by molar-refractivity contribution is 9.10. The normalized spacial score (nSPS) is 12.1. The zero-order valence-electron chi connectivity index (χ0n) is 9.31. The number of benzene rings is 1. The van der Waals surface area contributed by atoms with Gasteiger partial charge in [0.15, 0.2) is 5.76 Å². The monoisotopic (exact) mass is 293 g/mol. The first-order chi connectivity index (χ1) is 8.16. The number of amides is 1. The van der Waals surface area contributed by atoms with Crippen LogP contribution in [-0.4, -0.2) is 5.91 Å². The summed E-state index contributed by atoms with van der Waals surface area (Å²) >= 11 is 3.37. The van der Waals surface area contributed by atoms with E-state index in [0.29, 0.717) is 5.76 Å². The largest absolute Gasteiger partial charge is 0.459 e. The van der Waals surface area contributed by atoms with Crippen molar-refractivity contribution in [1.29, 1.82) is 0 Å². The van der Waals surface area contributed by atoms with Gasteiger partial charge < -0.3 is 9.73 Å². The second-order valence-corrected chi connectivity index (χ2v) is 4.64. The van der Waals surface area contributed by atoms with Crippen molar-refractivity contribution in [1.82, 2.24) is 5.32 Å². The SMILES string of the molecule is CC(NC(=O)c1ccco1)c1ccc(Br)cc1. The molecule has 1 heterocycles. The molecule has 2 aromatic rings. The Morgan fingerprint density at radius 1 is 1.29 bits per heavy atom. The summed E-state index contributed by atoms with van der Waals surface area (Å²) in [6.45, 7) is 1.93. The molecule has 0 fully saturated rings. The van der Waals surface area contributed by atoms with Gasteiger partial charge in [-0.1, -0.05) is 28.1 Å². The minimum absolute atomic E-state index is 0.0549. The molecule has 0 aliphatic carbocycles. The van der Waals surface area contributed by atoms with E-state index in [1.807, 2.05) is 31.2 Å². The molecule has 0 bridgehead atoms. The number of furan rings is 1. The number of nitrogens with one attached hydrogen (secondary N) is 1. The minimum atomic E-state index is -0.203. The van der Waals surface area contributed by atoms with Gasteiger partial charge in [-0.05, 0) is 36.8 Å². The summed E-state index contributed by atoms with van der Waals surface area (Å²) in [5.41, 5.74) is 1.05. The second-order valence-electron chi connectivity index (χ2n) is 3.72. The second kappa shape index (κ2) is 5.19. The average Bonchev–Trinajstić information content (AvgIpc) is 2.83. The van der Waals surface area contributed by atoms with Gasteiger partial charge >= 0.3 is 0 Å². The molecule has 3 nitrogen and oxygen atoms in total. The first-order valence-electron chi connectivity index (χ1n) is 5.26. The van der Waals surface area contributed by atoms with Crippen LogP contribution in [0.15, 0.2) is 51.6 Å². The molecule has 1 aromatic heterocycles. The number of hydrogen-bond acceptors (Lipinski definition) is 2. The van der Waals surface area contributed by atoms with Gasteiger partial charge in [0.1, 0.15) is 0 Å². The highest BCUT2D eigenvalue weighted by Gasteiger charge is 2.12. The lowest BCUT2D eigenvalue weighted by Gasteiger charge is -2.13. The fourth-order valence-corrected chi connectivity index (χ4v) is 1.77. The highest BCUT2D eigenvalue weighted by Crippen LogP contribution is 2.17. The predicted octanol–water partition coefficient (Wildman–Crippen LogP) is 3.53. The Bertz CT molecular complexity index is 491. The third-order valence-corrected chi connectivity index (χ3v) is 2.99. The summed E-state index contributed by atoms with van der Waals surface area (Å²) < 4.78 is 6.05. The zero-order chi connectivity index (χ0) is 12.3. The summed E-state index contributed by atoms with van der Waals surface area (Å²) in [6.07, 6.45) is 1.49. The maximum absolute atomic E-state index is 11.7. The Morgan fingerprint density at radius 2 is 2.00 bits per heavy atom. The standard InChI is InChI=1S/C13H12BrNO2/c1-9(10-4-6-11(14)7-5-10)15-13(16)12-3-2-8-17-12/h2-9H,1H3,(H,15,16). The van der Waals surface area contributed by atoms with Crippen molar-refractivity contribution < 1.29 is 9.21 Å². The fraction of sp³-hybridized carbons (Fsp3) is 0.154. The number of hydrogen-bond donors (Lipinski definition) is 1. The molecule has 4 heteroatoms. The van der Waals surface area contributed by atoms with Gasteiger partial charge in [0.25, 0.3) is 5.91 Å². The molecule has 0 aliphatic heterocycles. The van der Waals surface area contributed by atoms with Gasteiger partial charge in [-0.3, -0.25) is 4.79 Å². The molecule has 0 saturated heterocycles. The van der Waals surface area contributed by atoms with Crippen LogP contribution in [0.3, 0.4) is 0 Å². The van der Waals surface area contributed by atoms with Crippen molar-refractivity contribution >= 4 is 21.8 Å². The van der Waals surface area contributed by atoms with E-state index in [2.05, 4.69) is 21.2 Å². The van der Waals surface area contributed by atoms with Crippen LogP contribution >= 0.6 is 15.9 Å². The van der Waals surface area contributed by atoms with Crippen molar-refractivity contribution in [3.05, 3.63) is 58.5 Å². The molecule has 1 N–H and O–H groups in total. The maximum atomic E-state index is 11.7. The lowest BCUT2D eigenvalue weighted by atomic mass is 10.1. The Balaban J connectivity index is 2.04. The van der Waals surface area contributed by atoms with Crippen LogP contribution in [0.25, 0.3) is 0 Å². The molecule has 0 saturated carbocycles. The van der Waals surface area contributed by atoms with Crippen molar-refractivity contribution in [2.75, 3.05) is 0 Å². The number of carbonyl (C=O) groups excluding carboxylic acids is 1. The maximum Gasteiger partial charge on any atom is 0.287 e. The van der Waals surface area contributed by atoms with E-state index in [4.69, 9.17) is 4.42 Å². The van der Waals surface area contributed by atoms with Crippen molar-refractivity contribution in [3.8, 4) is 0 Å². The zero-order valence-corrected chi connectivity index (χ0v) is 10.9. The molecular weight excluding hydrogens is 282 g/mol. The predicted molar refractivity (Wildman–Crippen MR) is 68.7 cm³/mol. The number of rotatable bonds is 3. The molecule has 0 radical (unpaired) electrons. The molecule has 1 amide bonds. The Labute approximate surface area is 108 Å². The summed E-state index contributed by atoms with van der Waals surface area (Å²) in [5, 5.41) is 2.87. The van der Waals surface area contributed by atoms with E-state index in [9.17, 15) is 4.79 Å². The smallest absolute Gasteiger partial charge is 0.287 e. The van der Waals surface area contributed by atoms with Crippen molar-refractivity contribution in [2.24, 2.45) is 0 Å². The lowest BCUT2D eigenvalue weighted by molar-refractivity contribution is 0.0912. The van der Waals surface area contributed by atoms with Gasteiger partial charge in [0, 0.05) is 4.47 Å².